The van der Waals surface area contributed by atoms with Crippen LogP contribution in [-0.2, 0) is 52.3 Å². The van der Waals surface area contributed by atoms with Gasteiger partial charge < -0.3 is 83.9 Å². The van der Waals surface area contributed by atoms with Gasteiger partial charge in [-0.25, -0.2) is 0 Å². The summed E-state index contributed by atoms with van der Waals surface area (Å²) in [5, 5.41) is 97.5. The zero-order chi connectivity index (χ0) is 52.6. The number of hydrogen-bond donors (Lipinski definition) is 9. The molecule has 7 fully saturated rings. The molecule has 23 atom stereocenters. The molecule has 3 saturated heterocycles. The summed E-state index contributed by atoms with van der Waals surface area (Å²) in [5.41, 5.74) is -2.89. The normalized spacial score (nSPS) is 50.5. The number of aliphatic hydroxyl groups is 9. The summed E-state index contributed by atoms with van der Waals surface area (Å²) < 4.78 is 42.6. The van der Waals surface area contributed by atoms with E-state index in [2.05, 4.69) is 40.7 Å². The number of fused-ring (bicyclic) bond motifs is 7. The van der Waals surface area contributed by atoms with Crippen molar-refractivity contribution in [3.63, 3.8) is 0 Å². The largest absolute Gasteiger partial charge is 0.459 e. The lowest BCUT2D eigenvalue weighted by molar-refractivity contribution is -0.384. The molecular weight excluding hydrogens is 933 g/mol. The van der Waals surface area contributed by atoms with E-state index >= 15 is 0 Å². The van der Waals surface area contributed by atoms with E-state index in [0.717, 1.165) is 32.0 Å². The predicted octanol–water partition coefficient (Wildman–Crippen LogP) is 0.808. The highest BCUT2D eigenvalue weighted by Gasteiger charge is 2.72. The van der Waals surface area contributed by atoms with Crippen molar-refractivity contribution in [2.24, 2.45) is 50.2 Å². The Labute approximate surface area is 415 Å². The third kappa shape index (κ3) is 9.56. The Hall–Kier alpha value is -2.34. The number of carbonyl (C=O) groups excluding carboxylic acids is 4. The average molecular weight is 1010 g/mol. The molecular formula is C51H80O20. The van der Waals surface area contributed by atoms with E-state index in [1.807, 2.05) is 27.7 Å². The summed E-state index contributed by atoms with van der Waals surface area (Å²) in [6, 6.07) is 0. The minimum atomic E-state index is -1.87. The average Bonchev–Trinajstić information content (AvgIpc) is 3.29. The second kappa shape index (κ2) is 20.3. The fourth-order valence-corrected chi connectivity index (χ4v) is 14.9. The highest BCUT2D eigenvalue weighted by molar-refractivity contribution is 5.80. The van der Waals surface area contributed by atoms with Gasteiger partial charge in [0.15, 0.2) is 18.9 Å². The molecule has 0 spiro atoms. The molecule has 20 heteroatoms. The van der Waals surface area contributed by atoms with Crippen LogP contribution < -0.4 is 0 Å². The smallest absolute Gasteiger partial charge is 0.373 e. The molecule has 8 rings (SSSR count). The summed E-state index contributed by atoms with van der Waals surface area (Å²) in [4.78, 5) is 44.5. The van der Waals surface area contributed by atoms with Crippen molar-refractivity contribution in [1.29, 1.82) is 0 Å². The summed E-state index contributed by atoms with van der Waals surface area (Å²) in [7, 11) is 0. The van der Waals surface area contributed by atoms with Crippen LogP contribution in [0.2, 0.25) is 0 Å². The van der Waals surface area contributed by atoms with Crippen molar-refractivity contribution in [3.8, 4) is 0 Å². The number of esters is 1. The molecule has 3 aliphatic heterocycles. The van der Waals surface area contributed by atoms with Crippen molar-refractivity contribution < 1.29 is 98.3 Å². The maximum atomic E-state index is 14.4. The van der Waals surface area contributed by atoms with E-state index in [4.69, 9.17) is 42.7 Å². The topological polar surface area (TPSA) is 315 Å². The molecule has 9 N–H and O–H groups in total. The number of hydrogen-bond acceptors (Lipinski definition) is 20. The molecule has 8 unspecified atom stereocenters. The zero-order valence-corrected chi connectivity index (χ0v) is 42.5. The molecule has 8 aliphatic rings. The van der Waals surface area contributed by atoms with Gasteiger partial charge in [-0.2, -0.15) is 9.59 Å². The van der Waals surface area contributed by atoms with Gasteiger partial charge in [0.25, 0.3) is 0 Å². The molecule has 20 nitrogen and oxygen atoms in total. The van der Waals surface area contributed by atoms with Crippen LogP contribution in [-0.4, -0.2) is 182 Å². The standard InChI is InChI=1S/C50H80O18.CO2/c1-44(2,3)68-43(61)50-17-16-45(4,5)18-25(50)24-10-11-30-46(6)14-13-32(47(7,23-52)29(46)12-15-48(30,8)49(24,9)19-31(50)55)65-42-39(67-41-37(60)35(58)34(57)28(20-51)64-41)38(27(54)22-63-42)66-40-36(59)33(56)26(53)21-62-40;2-1-3/h10,23,25-42,51,53-60H,11-22H2,1-9H3;/t25?,26-,27-,28?,29-,30?,31?,32+,33+,34+,35+,36?,37?,38+,39?,40+,41+,42+,46?,47-,48+,49-,50-;/m1./s1. The Balaban J connectivity index is 0.00000241. The maximum Gasteiger partial charge on any atom is 0.373 e. The van der Waals surface area contributed by atoms with Gasteiger partial charge in [-0.3, -0.25) is 4.79 Å². The third-order valence-electron chi connectivity index (χ3n) is 19.0. The van der Waals surface area contributed by atoms with Crippen LogP contribution in [0.15, 0.2) is 11.6 Å². The van der Waals surface area contributed by atoms with E-state index in [9.17, 15) is 55.5 Å². The lowest BCUT2D eigenvalue weighted by Gasteiger charge is -2.71. The molecule has 5 aliphatic carbocycles. The lowest BCUT2D eigenvalue weighted by atomic mass is 9.33. The Morgan fingerprint density at radius 3 is 2.00 bits per heavy atom. The van der Waals surface area contributed by atoms with Crippen LogP contribution in [0, 0.1) is 50.2 Å². The Kier molecular flexibility index (Phi) is 16.1. The fraction of sp³-hybridized carbons (Fsp3) is 0.902. The Morgan fingerprint density at radius 1 is 0.746 bits per heavy atom. The number of aldehydes is 1. The number of rotatable bonds is 9. The molecule has 71 heavy (non-hydrogen) atoms. The highest BCUT2D eigenvalue weighted by atomic mass is 16.8. The minimum Gasteiger partial charge on any atom is -0.459 e. The molecule has 0 amide bonds. The summed E-state index contributed by atoms with van der Waals surface area (Å²) in [5.74, 6) is -0.641. The summed E-state index contributed by atoms with van der Waals surface area (Å²) in [6.45, 7) is 17.3. The molecule has 3 heterocycles. The van der Waals surface area contributed by atoms with E-state index < -0.39 is 139 Å². The fourth-order valence-electron chi connectivity index (χ4n) is 14.9. The monoisotopic (exact) mass is 1010 g/mol. The van der Waals surface area contributed by atoms with Crippen molar-refractivity contribution >= 4 is 18.4 Å². The second-order valence-electron chi connectivity index (χ2n) is 24.6. The van der Waals surface area contributed by atoms with Crippen LogP contribution in [0.4, 0.5) is 0 Å². The van der Waals surface area contributed by atoms with Gasteiger partial charge in [-0.15, -0.1) is 0 Å². The van der Waals surface area contributed by atoms with Gasteiger partial charge in [0, 0.05) is 0 Å². The molecule has 0 aromatic rings. The third-order valence-corrected chi connectivity index (χ3v) is 19.0. The van der Waals surface area contributed by atoms with Crippen molar-refractivity contribution in [2.75, 3.05) is 19.8 Å². The first kappa shape index (κ1) is 56.4. The summed E-state index contributed by atoms with van der Waals surface area (Å²) >= 11 is 0. The van der Waals surface area contributed by atoms with E-state index in [1.54, 1.807) is 0 Å². The van der Waals surface area contributed by atoms with Crippen molar-refractivity contribution in [2.45, 2.75) is 218 Å². The zero-order valence-electron chi connectivity index (χ0n) is 42.5. The molecule has 0 aromatic heterocycles. The number of carbonyl (C=O) groups is 2. The first-order valence-corrected chi connectivity index (χ1v) is 25.3. The van der Waals surface area contributed by atoms with Gasteiger partial charge in [-0.05, 0) is 118 Å². The molecule has 0 bridgehead atoms. The highest BCUT2D eigenvalue weighted by Crippen LogP contribution is 2.76. The van der Waals surface area contributed by atoms with Gasteiger partial charge in [0.1, 0.15) is 78.3 Å². The molecule has 0 radical (unpaired) electrons. The first-order chi connectivity index (χ1) is 33.0. The van der Waals surface area contributed by atoms with E-state index in [1.165, 1.54) is 5.57 Å². The van der Waals surface area contributed by atoms with Gasteiger partial charge in [0.2, 0.25) is 0 Å². The predicted molar refractivity (Wildman–Crippen MR) is 244 cm³/mol. The van der Waals surface area contributed by atoms with E-state index in [-0.39, 0.29) is 40.7 Å². The van der Waals surface area contributed by atoms with Crippen LogP contribution in [0.1, 0.15) is 120 Å². The van der Waals surface area contributed by atoms with Gasteiger partial charge in [-0.1, -0.05) is 53.2 Å². The van der Waals surface area contributed by atoms with Crippen LogP contribution in [0.5, 0.6) is 0 Å². The number of allylic oxidation sites excluding steroid dienone is 2. The van der Waals surface area contributed by atoms with Crippen molar-refractivity contribution in [3.05, 3.63) is 11.6 Å². The minimum absolute atomic E-state index is 0.0529. The number of aliphatic hydroxyl groups excluding tert-OH is 9. The van der Waals surface area contributed by atoms with Crippen LogP contribution in [0.3, 0.4) is 0 Å². The van der Waals surface area contributed by atoms with Gasteiger partial charge >= 0.3 is 12.1 Å². The van der Waals surface area contributed by atoms with Crippen LogP contribution >= 0.6 is 0 Å². The molecule has 404 valence electrons. The Bertz CT molecular complexity index is 1990. The van der Waals surface area contributed by atoms with Gasteiger partial charge in [0.05, 0.1) is 37.4 Å². The molecule has 0 aromatic carbocycles. The Morgan fingerprint density at radius 2 is 1.37 bits per heavy atom. The summed E-state index contributed by atoms with van der Waals surface area (Å²) in [6.07, 6.45) is -13.4. The first-order valence-electron chi connectivity index (χ1n) is 25.3. The van der Waals surface area contributed by atoms with Crippen molar-refractivity contribution in [1.82, 2.24) is 0 Å². The van der Waals surface area contributed by atoms with Crippen LogP contribution in [0.25, 0.3) is 0 Å². The second-order valence-corrected chi connectivity index (χ2v) is 24.6. The quantitative estimate of drug-likeness (QED) is 0.0668. The lowest BCUT2D eigenvalue weighted by Crippen LogP contribution is -2.68. The molecule has 4 saturated carbocycles. The maximum absolute atomic E-state index is 14.4. The SMILES string of the molecule is CC1(C)CC[C@]2(C(=O)OC(C)(C)C)C(O)C[C@]3(C)C(=CCC4C5(C)CC[C@H](O[C@@H]6OC[C@@H](O)[C@H](O[C@@H]7OC[C@@H](O)[C@H](O)C7O)C6O[C@@H]6OC(CO)[C@H](O)[C@H](O)C6O)[C@](C)(C=O)[C@@H]5CC[C@@]43C)C2C1.O=C=O. The van der Waals surface area contributed by atoms with E-state index in [0.29, 0.717) is 32.1 Å². The number of ether oxygens (including phenoxy) is 7.